The van der Waals surface area contributed by atoms with E-state index in [9.17, 15) is 9.90 Å². The molecule has 2 atom stereocenters. The first-order valence-electron chi connectivity index (χ1n) is 7.15. The van der Waals surface area contributed by atoms with Crippen molar-refractivity contribution in [1.29, 1.82) is 0 Å². The lowest BCUT2D eigenvalue weighted by Crippen LogP contribution is -2.15. The topological polar surface area (TPSA) is 49.3 Å². The van der Waals surface area contributed by atoms with Gasteiger partial charge in [0.2, 0.25) is 5.91 Å². The highest BCUT2D eigenvalue weighted by molar-refractivity contribution is 7.10. The van der Waals surface area contributed by atoms with E-state index in [4.69, 9.17) is 0 Å². The molecule has 2 N–H and O–H groups in total. The van der Waals surface area contributed by atoms with Gasteiger partial charge in [-0.2, -0.15) is 0 Å². The van der Waals surface area contributed by atoms with Crippen molar-refractivity contribution >= 4 is 22.9 Å². The highest BCUT2D eigenvalue weighted by Gasteiger charge is 2.45. The normalized spacial score (nSPS) is 20.3. The molecule has 3 rings (SSSR count). The zero-order chi connectivity index (χ0) is 15.0. The van der Waals surface area contributed by atoms with E-state index in [1.165, 1.54) is 10.4 Å². The molecule has 1 fully saturated rings. The number of rotatable bonds is 4. The Labute approximate surface area is 128 Å². The predicted molar refractivity (Wildman–Crippen MR) is 85.6 cm³/mol. The Balaban J connectivity index is 1.70. The average Bonchev–Trinajstić information content (AvgIpc) is 3.16. The van der Waals surface area contributed by atoms with Crippen LogP contribution in [0.25, 0.3) is 0 Å². The molecule has 2 unspecified atom stereocenters. The Bertz CT molecular complexity index is 677. The largest absolute Gasteiger partial charge is 0.392 e. The first-order valence-corrected chi connectivity index (χ1v) is 8.03. The predicted octanol–water partition coefficient (Wildman–Crippen LogP) is 3.60. The van der Waals surface area contributed by atoms with E-state index in [1.54, 1.807) is 11.3 Å². The Kier molecular flexibility index (Phi) is 3.83. The lowest BCUT2D eigenvalue weighted by atomic mass is 10.1. The third kappa shape index (κ3) is 2.87. The van der Waals surface area contributed by atoms with Gasteiger partial charge in [-0.05, 0) is 54.5 Å². The molecule has 0 bridgehead atoms. The molecular formula is C17H19NO2S. The van der Waals surface area contributed by atoms with Gasteiger partial charge in [-0.3, -0.25) is 4.79 Å². The second-order valence-corrected chi connectivity index (χ2v) is 6.66. The van der Waals surface area contributed by atoms with Crippen LogP contribution in [0.15, 0.2) is 29.6 Å². The molecular weight excluding hydrogens is 282 g/mol. The summed E-state index contributed by atoms with van der Waals surface area (Å²) in [5.41, 5.74) is 3.93. The van der Waals surface area contributed by atoms with Crippen LogP contribution in [-0.4, -0.2) is 11.0 Å². The number of aliphatic hydroxyl groups is 1. The van der Waals surface area contributed by atoms with Gasteiger partial charge in [-0.1, -0.05) is 12.1 Å². The van der Waals surface area contributed by atoms with E-state index in [2.05, 4.69) is 23.7 Å². The molecule has 0 saturated heterocycles. The number of amides is 1. The summed E-state index contributed by atoms with van der Waals surface area (Å²) in [6, 6.07) is 7.76. The number of carbonyl (C=O) groups is 1. The second kappa shape index (κ2) is 5.62. The van der Waals surface area contributed by atoms with Crippen LogP contribution in [0.4, 0.5) is 5.69 Å². The Morgan fingerprint density at radius 3 is 2.81 bits per heavy atom. The number of benzene rings is 1. The fraction of sp³-hybridized carbons (Fsp3) is 0.353. The molecule has 0 radical (unpaired) electrons. The van der Waals surface area contributed by atoms with Crippen LogP contribution in [-0.2, 0) is 11.4 Å². The Morgan fingerprint density at radius 1 is 1.33 bits per heavy atom. The Morgan fingerprint density at radius 2 is 2.14 bits per heavy atom. The smallest absolute Gasteiger partial charge is 0.228 e. The van der Waals surface area contributed by atoms with Crippen LogP contribution < -0.4 is 5.32 Å². The van der Waals surface area contributed by atoms with Crippen molar-refractivity contribution in [1.82, 2.24) is 0 Å². The fourth-order valence-corrected chi connectivity index (χ4v) is 3.77. The number of hydrogen-bond donors (Lipinski definition) is 2. The van der Waals surface area contributed by atoms with E-state index in [0.717, 1.165) is 23.2 Å². The molecule has 1 aliphatic carbocycles. The highest BCUT2D eigenvalue weighted by atomic mass is 32.1. The van der Waals surface area contributed by atoms with Gasteiger partial charge in [0.05, 0.1) is 6.61 Å². The van der Waals surface area contributed by atoms with Crippen LogP contribution in [0.5, 0.6) is 0 Å². The number of carbonyl (C=O) groups excluding carboxylic acids is 1. The van der Waals surface area contributed by atoms with Crippen molar-refractivity contribution in [2.24, 2.45) is 5.92 Å². The summed E-state index contributed by atoms with van der Waals surface area (Å²) in [7, 11) is 0. The summed E-state index contributed by atoms with van der Waals surface area (Å²) >= 11 is 1.74. The van der Waals surface area contributed by atoms with Gasteiger partial charge in [-0.25, -0.2) is 0 Å². The van der Waals surface area contributed by atoms with Gasteiger partial charge in [0.15, 0.2) is 0 Å². The molecule has 0 aliphatic heterocycles. The van der Waals surface area contributed by atoms with E-state index < -0.39 is 0 Å². The molecule has 4 heteroatoms. The molecule has 0 spiro atoms. The van der Waals surface area contributed by atoms with Gasteiger partial charge in [0.1, 0.15) is 0 Å². The Hall–Kier alpha value is -1.65. The number of anilines is 1. The minimum atomic E-state index is -0.0103. The van der Waals surface area contributed by atoms with E-state index in [0.29, 0.717) is 5.92 Å². The van der Waals surface area contributed by atoms with Gasteiger partial charge in [-0.15, -0.1) is 11.3 Å². The van der Waals surface area contributed by atoms with E-state index in [-0.39, 0.29) is 18.4 Å². The summed E-state index contributed by atoms with van der Waals surface area (Å²) in [4.78, 5) is 13.7. The second-order valence-electron chi connectivity index (χ2n) is 5.71. The zero-order valence-corrected chi connectivity index (χ0v) is 13.0. The molecule has 110 valence electrons. The molecule has 2 aromatic rings. The number of hydrogen-bond acceptors (Lipinski definition) is 3. The standard InChI is InChI=1S/C17H19NO2S/c1-10-3-4-12(9-19)7-15(10)18-17(20)14-8-13(14)16-11(2)5-6-21-16/h3-7,13-14,19H,8-9H2,1-2H3,(H,18,20). The lowest BCUT2D eigenvalue weighted by molar-refractivity contribution is -0.117. The fourth-order valence-electron chi connectivity index (χ4n) is 2.67. The van der Waals surface area contributed by atoms with Crippen LogP contribution in [0.1, 0.15) is 33.9 Å². The maximum absolute atomic E-state index is 12.4. The molecule has 21 heavy (non-hydrogen) atoms. The molecule has 1 saturated carbocycles. The monoisotopic (exact) mass is 301 g/mol. The van der Waals surface area contributed by atoms with Gasteiger partial charge in [0.25, 0.3) is 0 Å². The molecule has 1 aliphatic rings. The van der Waals surface area contributed by atoms with Gasteiger partial charge < -0.3 is 10.4 Å². The van der Waals surface area contributed by atoms with Crippen molar-refractivity contribution in [2.75, 3.05) is 5.32 Å². The number of aryl methyl sites for hydroxylation is 2. The molecule has 1 aromatic heterocycles. The minimum Gasteiger partial charge on any atom is -0.392 e. The number of thiophene rings is 1. The summed E-state index contributed by atoms with van der Waals surface area (Å²) in [6.45, 7) is 4.06. The molecule has 1 heterocycles. The minimum absolute atomic E-state index is 0.0103. The van der Waals surface area contributed by atoms with E-state index >= 15 is 0 Å². The van der Waals surface area contributed by atoms with Gasteiger partial charge in [0, 0.05) is 22.4 Å². The molecule has 1 amide bonds. The van der Waals surface area contributed by atoms with Crippen molar-refractivity contribution in [3.8, 4) is 0 Å². The third-order valence-electron chi connectivity index (χ3n) is 4.11. The van der Waals surface area contributed by atoms with Crippen molar-refractivity contribution in [2.45, 2.75) is 32.8 Å². The van der Waals surface area contributed by atoms with Crippen LogP contribution in [0.2, 0.25) is 0 Å². The zero-order valence-electron chi connectivity index (χ0n) is 12.2. The van der Waals surface area contributed by atoms with Crippen molar-refractivity contribution in [3.63, 3.8) is 0 Å². The molecule has 1 aromatic carbocycles. The number of nitrogens with one attached hydrogen (secondary N) is 1. The maximum atomic E-state index is 12.4. The van der Waals surface area contributed by atoms with Gasteiger partial charge >= 0.3 is 0 Å². The summed E-state index contributed by atoms with van der Waals surface area (Å²) in [5.74, 6) is 0.553. The SMILES string of the molecule is Cc1ccc(CO)cc1NC(=O)C1CC1c1sccc1C. The van der Waals surface area contributed by atoms with E-state index in [1.807, 2.05) is 25.1 Å². The van der Waals surface area contributed by atoms with Crippen LogP contribution in [0, 0.1) is 19.8 Å². The summed E-state index contributed by atoms with van der Waals surface area (Å²) in [6.07, 6.45) is 0.936. The van der Waals surface area contributed by atoms with Crippen LogP contribution >= 0.6 is 11.3 Å². The summed E-state index contributed by atoms with van der Waals surface area (Å²) < 4.78 is 0. The highest BCUT2D eigenvalue weighted by Crippen LogP contribution is 2.50. The van der Waals surface area contributed by atoms with Crippen molar-refractivity contribution < 1.29 is 9.90 Å². The first-order chi connectivity index (χ1) is 10.1. The maximum Gasteiger partial charge on any atom is 0.228 e. The first kappa shape index (κ1) is 14.3. The average molecular weight is 301 g/mol. The van der Waals surface area contributed by atoms with Crippen molar-refractivity contribution in [3.05, 3.63) is 51.2 Å². The molecule has 3 nitrogen and oxygen atoms in total. The summed E-state index contributed by atoms with van der Waals surface area (Å²) in [5, 5.41) is 14.3. The number of aliphatic hydroxyl groups excluding tert-OH is 1. The lowest BCUT2D eigenvalue weighted by Gasteiger charge is -2.10. The quantitative estimate of drug-likeness (QED) is 0.906. The van der Waals surface area contributed by atoms with Crippen LogP contribution in [0.3, 0.4) is 0 Å². The third-order valence-corrected chi connectivity index (χ3v) is 5.26.